The second-order valence-corrected chi connectivity index (χ2v) is 7.65. The number of aryl methyl sites for hydroxylation is 1. The van der Waals surface area contributed by atoms with Crippen LogP contribution in [0.15, 0.2) is 54.7 Å². The molecule has 0 saturated carbocycles. The van der Waals surface area contributed by atoms with Crippen LogP contribution in [0, 0.1) is 0 Å². The Bertz CT molecular complexity index is 1110. The SMILES string of the molecule is Cn1cc(C(=O)N2CCN(C(=O)C3COc4ccccc4O3)CC2)c2ccccc21. The Morgan fingerprint density at radius 1 is 0.900 bits per heavy atom. The third kappa shape index (κ3) is 3.16. The molecule has 7 nitrogen and oxygen atoms in total. The molecule has 5 rings (SSSR count). The van der Waals surface area contributed by atoms with Crippen molar-refractivity contribution in [3.8, 4) is 11.5 Å². The number of rotatable bonds is 2. The molecular weight excluding hydrogens is 382 g/mol. The molecule has 7 heteroatoms. The first-order valence-electron chi connectivity index (χ1n) is 10.1. The highest BCUT2D eigenvalue weighted by Gasteiger charge is 2.33. The highest BCUT2D eigenvalue weighted by Crippen LogP contribution is 2.31. The van der Waals surface area contributed by atoms with Crippen molar-refractivity contribution in [3.05, 3.63) is 60.3 Å². The number of fused-ring (bicyclic) bond motifs is 2. The number of carbonyl (C=O) groups is 2. The van der Waals surface area contributed by atoms with Crippen molar-refractivity contribution in [1.29, 1.82) is 0 Å². The number of amides is 2. The van der Waals surface area contributed by atoms with Crippen LogP contribution in [0.2, 0.25) is 0 Å². The molecule has 1 fully saturated rings. The Balaban J connectivity index is 1.24. The van der Waals surface area contributed by atoms with Crippen molar-refractivity contribution in [1.82, 2.24) is 14.4 Å². The number of piperazine rings is 1. The zero-order valence-electron chi connectivity index (χ0n) is 16.8. The van der Waals surface area contributed by atoms with Gasteiger partial charge in [0.25, 0.3) is 11.8 Å². The van der Waals surface area contributed by atoms with E-state index in [4.69, 9.17) is 9.47 Å². The van der Waals surface area contributed by atoms with Crippen LogP contribution in [0.1, 0.15) is 10.4 Å². The lowest BCUT2D eigenvalue weighted by Gasteiger charge is -2.37. The minimum atomic E-state index is -0.653. The Kier molecular flexibility index (Phi) is 4.58. The van der Waals surface area contributed by atoms with Gasteiger partial charge in [-0.1, -0.05) is 30.3 Å². The average Bonchev–Trinajstić information content (AvgIpc) is 3.14. The van der Waals surface area contributed by atoms with Crippen molar-refractivity contribution >= 4 is 22.7 Å². The second-order valence-electron chi connectivity index (χ2n) is 7.65. The predicted octanol–water partition coefficient (Wildman–Crippen LogP) is 2.30. The Morgan fingerprint density at radius 3 is 2.37 bits per heavy atom. The quantitative estimate of drug-likeness (QED) is 0.656. The van der Waals surface area contributed by atoms with E-state index in [1.54, 1.807) is 11.0 Å². The third-order valence-corrected chi connectivity index (χ3v) is 5.79. The lowest BCUT2D eigenvalue weighted by molar-refractivity contribution is -0.142. The first-order valence-corrected chi connectivity index (χ1v) is 10.1. The highest BCUT2D eigenvalue weighted by atomic mass is 16.6. The van der Waals surface area contributed by atoms with Gasteiger partial charge in [-0.05, 0) is 18.2 Å². The zero-order chi connectivity index (χ0) is 20.7. The van der Waals surface area contributed by atoms with Gasteiger partial charge in [-0.3, -0.25) is 9.59 Å². The molecule has 0 spiro atoms. The standard InChI is InChI=1S/C23H23N3O4/c1-24-14-17(16-6-2-3-7-18(16)24)22(27)25-10-12-26(13-11-25)23(28)21-15-29-19-8-4-5-9-20(19)30-21/h2-9,14,21H,10-13,15H2,1H3. The Hall–Kier alpha value is -3.48. The van der Waals surface area contributed by atoms with Gasteiger partial charge in [0, 0.05) is 50.3 Å². The van der Waals surface area contributed by atoms with Crippen LogP contribution >= 0.6 is 0 Å². The summed E-state index contributed by atoms with van der Waals surface area (Å²) in [5.74, 6) is 1.16. The van der Waals surface area contributed by atoms with E-state index in [-0.39, 0.29) is 18.4 Å². The molecular formula is C23H23N3O4. The predicted molar refractivity (Wildman–Crippen MR) is 112 cm³/mol. The Labute approximate surface area is 174 Å². The van der Waals surface area contributed by atoms with Gasteiger partial charge in [0.2, 0.25) is 6.10 Å². The van der Waals surface area contributed by atoms with E-state index >= 15 is 0 Å². The summed E-state index contributed by atoms with van der Waals surface area (Å²) in [6.45, 7) is 2.16. The van der Waals surface area contributed by atoms with Gasteiger partial charge >= 0.3 is 0 Å². The van der Waals surface area contributed by atoms with Gasteiger partial charge in [-0.15, -0.1) is 0 Å². The molecule has 0 bridgehead atoms. The van der Waals surface area contributed by atoms with E-state index in [1.807, 2.05) is 65.2 Å². The van der Waals surface area contributed by atoms with E-state index in [9.17, 15) is 9.59 Å². The molecule has 0 radical (unpaired) electrons. The van der Waals surface area contributed by atoms with Crippen LogP contribution in [0.5, 0.6) is 11.5 Å². The van der Waals surface area contributed by atoms with Crippen LogP contribution in [-0.4, -0.2) is 65.1 Å². The van der Waals surface area contributed by atoms with Crippen molar-refractivity contribution in [3.63, 3.8) is 0 Å². The molecule has 1 atom stereocenters. The summed E-state index contributed by atoms with van der Waals surface area (Å²) in [5, 5.41) is 0.954. The minimum Gasteiger partial charge on any atom is -0.485 e. The minimum absolute atomic E-state index is 0.00470. The maximum absolute atomic E-state index is 13.1. The van der Waals surface area contributed by atoms with Gasteiger partial charge < -0.3 is 23.8 Å². The smallest absolute Gasteiger partial charge is 0.267 e. The van der Waals surface area contributed by atoms with E-state index in [2.05, 4.69) is 0 Å². The fourth-order valence-electron chi connectivity index (χ4n) is 4.16. The fraction of sp³-hybridized carbons (Fsp3) is 0.304. The van der Waals surface area contributed by atoms with Crippen LogP contribution in [0.4, 0.5) is 0 Å². The normalized spacial score (nSPS) is 18.5. The molecule has 2 aliphatic heterocycles. The van der Waals surface area contributed by atoms with Crippen molar-refractivity contribution < 1.29 is 19.1 Å². The summed E-state index contributed by atoms with van der Waals surface area (Å²) < 4.78 is 13.5. The molecule has 30 heavy (non-hydrogen) atoms. The number of hydrogen-bond donors (Lipinski definition) is 0. The summed E-state index contributed by atoms with van der Waals surface area (Å²) in [7, 11) is 1.94. The Morgan fingerprint density at radius 2 is 1.57 bits per heavy atom. The fourth-order valence-corrected chi connectivity index (χ4v) is 4.16. The van der Waals surface area contributed by atoms with Crippen LogP contribution in [0.3, 0.4) is 0 Å². The summed E-state index contributed by atoms with van der Waals surface area (Å²) in [4.78, 5) is 29.6. The molecule has 0 aliphatic carbocycles. The molecule has 3 aromatic rings. The monoisotopic (exact) mass is 405 g/mol. The first-order chi connectivity index (χ1) is 14.6. The topological polar surface area (TPSA) is 64.0 Å². The number of aromatic nitrogens is 1. The number of ether oxygens (including phenoxy) is 2. The number of nitrogens with zero attached hydrogens (tertiary/aromatic N) is 3. The van der Waals surface area contributed by atoms with Gasteiger partial charge in [0.05, 0.1) is 5.56 Å². The molecule has 154 valence electrons. The number of carbonyl (C=O) groups excluding carboxylic acids is 2. The van der Waals surface area contributed by atoms with Gasteiger partial charge in [-0.2, -0.15) is 0 Å². The molecule has 3 heterocycles. The number of hydrogen-bond acceptors (Lipinski definition) is 4. The summed E-state index contributed by atoms with van der Waals surface area (Å²) in [6, 6.07) is 15.2. The molecule has 2 amide bonds. The second kappa shape index (κ2) is 7.40. The third-order valence-electron chi connectivity index (χ3n) is 5.79. The van der Waals surface area contributed by atoms with Crippen LogP contribution < -0.4 is 9.47 Å². The lowest BCUT2D eigenvalue weighted by Crippen LogP contribution is -2.55. The zero-order valence-corrected chi connectivity index (χ0v) is 16.8. The summed E-state index contributed by atoms with van der Waals surface area (Å²) in [5.41, 5.74) is 1.73. The summed E-state index contributed by atoms with van der Waals surface area (Å²) >= 11 is 0. The summed E-state index contributed by atoms with van der Waals surface area (Å²) in [6.07, 6.45) is 1.23. The first kappa shape index (κ1) is 18.5. The largest absolute Gasteiger partial charge is 0.485 e. The molecule has 2 aliphatic rings. The maximum Gasteiger partial charge on any atom is 0.267 e. The van der Waals surface area contributed by atoms with E-state index in [1.165, 1.54) is 0 Å². The van der Waals surface area contributed by atoms with E-state index < -0.39 is 6.10 Å². The molecule has 1 saturated heterocycles. The molecule has 1 unspecified atom stereocenters. The molecule has 0 N–H and O–H groups in total. The van der Waals surface area contributed by atoms with Gasteiger partial charge in [0.1, 0.15) is 6.61 Å². The van der Waals surface area contributed by atoms with Crippen LogP contribution in [-0.2, 0) is 11.8 Å². The number of para-hydroxylation sites is 3. The van der Waals surface area contributed by atoms with Crippen molar-refractivity contribution in [2.45, 2.75) is 6.10 Å². The maximum atomic E-state index is 13.1. The van der Waals surface area contributed by atoms with Gasteiger partial charge in [-0.25, -0.2) is 0 Å². The average molecular weight is 405 g/mol. The van der Waals surface area contributed by atoms with Gasteiger partial charge in [0.15, 0.2) is 11.5 Å². The van der Waals surface area contributed by atoms with Crippen molar-refractivity contribution in [2.75, 3.05) is 32.8 Å². The van der Waals surface area contributed by atoms with Crippen molar-refractivity contribution in [2.24, 2.45) is 7.05 Å². The lowest BCUT2D eigenvalue weighted by atomic mass is 10.1. The van der Waals surface area contributed by atoms with E-state index in [0.29, 0.717) is 43.2 Å². The molecule has 2 aromatic carbocycles. The van der Waals surface area contributed by atoms with E-state index in [0.717, 1.165) is 10.9 Å². The van der Waals surface area contributed by atoms with Crippen LogP contribution in [0.25, 0.3) is 10.9 Å². The number of benzene rings is 2. The molecule has 1 aromatic heterocycles. The highest BCUT2D eigenvalue weighted by molar-refractivity contribution is 6.07.